The van der Waals surface area contributed by atoms with E-state index in [2.05, 4.69) is 59.2 Å². The summed E-state index contributed by atoms with van der Waals surface area (Å²) in [6, 6.07) is 17.2. The van der Waals surface area contributed by atoms with Crippen LogP contribution in [0.4, 0.5) is 5.69 Å². The van der Waals surface area contributed by atoms with E-state index in [4.69, 9.17) is 4.74 Å². The molecule has 0 aliphatic carbocycles. The van der Waals surface area contributed by atoms with Gasteiger partial charge in [-0.1, -0.05) is 30.3 Å². The van der Waals surface area contributed by atoms with Gasteiger partial charge >= 0.3 is 0 Å². The molecule has 0 saturated carbocycles. The number of ether oxygens (including phenoxy) is 1. The Morgan fingerprint density at radius 1 is 1.00 bits per heavy atom. The molecule has 24 heavy (non-hydrogen) atoms. The Morgan fingerprint density at radius 3 is 2.67 bits per heavy atom. The molecular weight excluding hydrogens is 296 g/mol. The largest absolute Gasteiger partial charge is 0.493 e. The number of benzene rings is 2. The van der Waals surface area contributed by atoms with E-state index < -0.39 is 0 Å². The first-order valence-corrected chi connectivity index (χ1v) is 9.15. The average Bonchev–Trinajstić information content (AvgIpc) is 2.67. The zero-order valence-electron chi connectivity index (χ0n) is 14.1. The average molecular weight is 322 g/mol. The Kier molecular flexibility index (Phi) is 4.70. The van der Waals surface area contributed by atoms with Crippen LogP contribution in [0.5, 0.6) is 5.75 Å². The van der Waals surface area contributed by atoms with Crippen molar-refractivity contribution < 1.29 is 4.74 Å². The number of hydrogen-bond donors (Lipinski definition) is 2. The van der Waals surface area contributed by atoms with Crippen molar-refractivity contribution in [3.63, 3.8) is 0 Å². The van der Waals surface area contributed by atoms with Crippen LogP contribution in [0.1, 0.15) is 36.3 Å². The molecule has 3 nitrogen and oxygen atoms in total. The summed E-state index contributed by atoms with van der Waals surface area (Å²) in [6.07, 6.45) is 3.72. The van der Waals surface area contributed by atoms with Crippen molar-refractivity contribution in [1.82, 2.24) is 5.32 Å². The molecule has 0 bridgehead atoms. The van der Waals surface area contributed by atoms with Crippen LogP contribution < -0.4 is 15.4 Å². The molecule has 1 saturated heterocycles. The smallest absolute Gasteiger partial charge is 0.122 e. The SMILES string of the molecule is c1ccc(CNc2ccc3c(c2)C(C2CCNCC2)CCO3)cc1. The molecule has 2 aromatic carbocycles. The Hall–Kier alpha value is -2.00. The molecule has 2 heterocycles. The lowest BCUT2D eigenvalue weighted by atomic mass is 9.77. The predicted octanol–water partition coefficient (Wildman–Crippen LogP) is 4.16. The number of fused-ring (bicyclic) bond motifs is 1. The lowest BCUT2D eigenvalue weighted by molar-refractivity contribution is 0.216. The van der Waals surface area contributed by atoms with Crippen LogP contribution in [0.25, 0.3) is 0 Å². The van der Waals surface area contributed by atoms with Crippen molar-refractivity contribution in [1.29, 1.82) is 0 Å². The van der Waals surface area contributed by atoms with Crippen LogP contribution in [0.15, 0.2) is 48.5 Å². The summed E-state index contributed by atoms with van der Waals surface area (Å²) >= 11 is 0. The van der Waals surface area contributed by atoms with Crippen LogP contribution in [0.3, 0.4) is 0 Å². The highest BCUT2D eigenvalue weighted by atomic mass is 16.5. The Balaban J connectivity index is 1.51. The van der Waals surface area contributed by atoms with Gasteiger partial charge in [0.05, 0.1) is 6.61 Å². The minimum absolute atomic E-state index is 0.648. The maximum atomic E-state index is 5.92. The lowest BCUT2D eigenvalue weighted by Gasteiger charge is -2.35. The van der Waals surface area contributed by atoms with Gasteiger partial charge in [0.2, 0.25) is 0 Å². The van der Waals surface area contributed by atoms with Crippen LogP contribution in [-0.4, -0.2) is 19.7 Å². The van der Waals surface area contributed by atoms with E-state index in [0.29, 0.717) is 5.92 Å². The van der Waals surface area contributed by atoms with Gasteiger partial charge in [-0.2, -0.15) is 0 Å². The third-order valence-electron chi connectivity index (χ3n) is 5.39. The molecule has 2 aliphatic heterocycles. The maximum absolute atomic E-state index is 5.92. The molecule has 1 atom stereocenters. The quantitative estimate of drug-likeness (QED) is 0.886. The van der Waals surface area contributed by atoms with Crippen molar-refractivity contribution in [2.45, 2.75) is 31.7 Å². The summed E-state index contributed by atoms with van der Waals surface area (Å²) in [7, 11) is 0. The summed E-state index contributed by atoms with van der Waals surface area (Å²) < 4.78 is 5.92. The number of rotatable bonds is 4. The first-order valence-electron chi connectivity index (χ1n) is 9.15. The molecule has 0 aromatic heterocycles. The Morgan fingerprint density at radius 2 is 1.83 bits per heavy atom. The molecular formula is C21H26N2O. The van der Waals surface area contributed by atoms with E-state index in [9.17, 15) is 0 Å². The molecule has 2 aromatic rings. The minimum Gasteiger partial charge on any atom is -0.493 e. The molecule has 1 fully saturated rings. The lowest BCUT2D eigenvalue weighted by Crippen LogP contribution is -2.32. The number of anilines is 1. The summed E-state index contributed by atoms with van der Waals surface area (Å²) in [5, 5.41) is 7.05. The van der Waals surface area contributed by atoms with Crippen LogP contribution in [-0.2, 0) is 6.54 Å². The first kappa shape index (κ1) is 15.5. The topological polar surface area (TPSA) is 33.3 Å². The molecule has 3 heteroatoms. The maximum Gasteiger partial charge on any atom is 0.122 e. The molecule has 1 unspecified atom stereocenters. The van der Waals surface area contributed by atoms with E-state index >= 15 is 0 Å². The normalized spacial score (nSPS) is 20.9. The second-order valence-electron chi connectivity index (χ2n) is 6.92. The van der Waals surface area contributed by atoms with Crippen molar-refractivity contribution in [3.8, 4) is 5.75 Å². The molecule has 2 aliphatic rings. The van der Waals surface area contributed by atoms with Crippen molar-refractivity contribution in [2.75, 3.05) is 25.0 Å². The number of nitrogens with one attached hydrogen (secondary N) is 2. The van der Waals surface area contributed by atoms with E-state index in [1.807, 2.05) is 0 Å². The van der Waals surface area contributed by atoms with Crippen molar-refractivity contribution in [2.24, 2.45) is 5.92 Å². The highest BCUT2D eigenvalue weighted by molar-refractivity contribution is 5.53. The van der Waals surface area contributed by atoms with Gasteiger partial charge in [-0.05, 0) is 73.5 Å². The number of hydrogen-bond acceptors (Lipinski definition) is 3. The first-order chi connectivity index (χ1) is 11.9. The second kappa shape index (κ2) is 7.27. The van der Waals surface area contributed by atoms with Gasteiger partial charge in [0, 0.05) is 12.2 Å². The highest BCUT2D eigenvalue weighted by Gasteiger charge is 2.30. The van der Waals surface area contributed by atoms with Gasteiger partial charge in [0.15, 0.2) is 0 Å². The molecule has 126 valence electrons. The molecule has 2 N–H and O–H groups in total. The number of piperidine rings is 1. The van der Waals surface area contributed by atoms with E-state index in [-0.39, 0.29) is 0 Å². The summed E-state index contributed by atoms with van der Waals surface area (Å²) in [4.78, 5) is 0. The van der Waals surface area contributed by atoms with Crippen molar-refractivity contribution >= 4 is 5.69 Å². The highest BCUT2D eigenvalue weighted by Crippen LogP contribution is 2.42. The minimum atomic E-state index is 0.648. The Labute approximate surface area is 144 Å². The summed E-state index contributed by atoms with van der Waals surface area (Å²) in [5.41, 5.74) is 3.91. The predicted molar refractivity (Wildman–Crippen MR) is 98.7 cm³/mol. The third kappa shape index (κ3) is 3.41. The van der Waals surface area contributed by atoms with Gasteiger partial charge in [-0.15, -0.1) is 0 Å². The standard InChI is InChI=1S/C21H26N2O/c1-2-4-16(5-3-1)15-23-18-6-7-21-20(14-18)19(10-13-24-21)17-8-11-22-12-9-17/h1-7,14,17,19,22-23H,8-13,15H2. The van der Waals surface area contributed by atoms with Crippen molar-refractivity contribution in [3.05, 3.63) is 59.7 Å². The van der Waals surface area contributed by atoms with Crippen LogP contribution >= 0.6 is 0 Å². The molecule has 4 rings (SSSR count). The summed E-state index contributed by atoms with van der Waals surface area (Å²) in [5.74, 6) is 2.53. The Bertz CT molecular complexity index is 665. The van der Waals surface area contributed by atoms with E-state index in [1.165, 1.54) is 29.7 Å². The summed E-state index contributed by atoms with van der Waals surface area (Å²) in [6.45, 7) is 4.03. The fourth-order valence-corrected chi connectivity index (χ4v) is 4.07. The second-order valence-corrected chi connectivity index (χ2v) is 6.92. The van der Waals surface area contributed by atoms with Gasteiger partial charge < -0.3 is 15.4 Å². The van der Waals surface area contributed by atoms with Gasteiger partial charge in [-0.3, -0.25) is 0 Å². The monoisotopic (exact) mass is 322 g/mol. The van der Waals surface area contributed by atoms with Gasteiger partial charge in [0.25, 0.3) is 0 Å². The van der Waals surface area contributed by atoms with Crippen LogP contribution in [0.2, 0.25) is 0 Å². The zero-order chi connectivity index (χ0) is 16.2. The molecule has 0 spiro atoms. The zero-order valence-corrected chi connectivity index (χ0v) is 14.1. The van der Waals surface area contributed by atoms with Gasteiger partial charge in [-0.25, -0.2) is 0 Å². The van der Waals surface area contributed by atoms with E-state index in [0.717, 1.165) is 44.3 Å². The van der Waals surface area contributed by atoms with E-state index in [1.54, 1.807) is 0 Å². The molecule has 0 radical (unpaired) electrons. The fraction of sp³-hybridized carbons (Fsp3) is 0.429. The molecule has 0 amide bonds. The third-order valence-corrected chi connectivity index (χ3v) is 5.39. The van der Waals surface area contributed by atoms with Crippen LogP contribution in [0, 0.1) is 5.92 Å². The fourth-order valence-electron chi connectivity index (χ4n) is 4.07. The van der Waals surface area contributed by atoms with Gasteiger partial charge in [0.1, 0.15) is 5.75 Å².